The van der Waals surface area contributed by atoms with Gasteiger partial charge in [-0.1, -0.05) is 53.2 Å². The van der Waals surface area contributed by atoms with Crippen molar-refractivity contribution in [2.24, 2.45) is 11.1 Å². The fourth-order valence-electron chi connectivity index (χ4n) is 4.99. The zero-order valence-electron chi connectivity index (χ0n) is 20.2. The number of halogens is 5. The van der Waals surface area contributed by atoms with Crippen molar-refractivity contribution in [1.29, 1.82) is 0 Å². The van der Waals surface area contributed by atoms with E-state index in [1.165, 1.54) is 18.2 Å². The summed E-state index contributed by atoms with van der Waals surface area (Å²) >= 11 is 5.86. The third kappa shape index (κ3) is 5.53. The van der Waals surface area contributed by atoms with Gasteiger partial charge in [0.25, 0.3) is 0 Å². The number of alkyl halides is 3. The van der Waals surface area contributed by atoms with Crippen LogP contribution >= 0.6 is 11.6 Å². The predicted molar refractivity (Wildman–Crippen MR) is 135 cm³/mol. The van der Waals surface area contributed by atoms with E-state index in [-0.39, 0.29) is 34.6 Å². The molecule has 2 aliphatic rings. The van der Waals surface area contributed by atoms with Crippen molar-refractivity contribution in [3.8, 4) is 11.3 Å². The van der Waals surface area contributed by atoms with Gasteiger partial charge in [-0.15, -0.1) is 0 Å². The molecular formula is C28H24ClF4N3O2. The van der Waals surface area contributed by atoms with Crippen LogP contribution in [0.15, 0.2) is 65.8 Å². The van der Waals surface area contributed by atoms with Gasteiger partial charge in [-0.25, -0.2) is 9.37 Å². The van der Waals surface area contributed by atoms with Gasteiger partial charge in [0, 0.05) is 24.4 Å². The van der Waals surface area contributed by atoms with Crippen LogP contribution in [0.25, 0.3) is 11.3 Å². The summed E-state index contributed by atoms with van der Waals surface area (Å²) in [5.74, 6) is -1.14. The van der Waals surface area contributed by atoms with Gasteiger partial charge >= 0.3 is 6.18 Å². The van der Waals surface area contributed by atoms with Crippen LogP contribution < -0.4 is 5.32 Å². The average Bonchev–Trinajstić information content (AvgIpc) is 3.32. The molecule has 10 heteroatoms. The quantitative estimate of drug-likeness (QED) is 0.354. The second-order valence-electron chi connectivity index (χ2n) is 9.68. The zero-order chi connectivity index (χ0) is 26.9. The van der Waals surface area contributed by atoms with Crippen molar-refractivity contribution >= 4 is 23.2 Å². The van der Waals surface area contributed by atoms with Gasteiger partial charge in [-0.2, -0.15) is 13.2 Å². The first-order chi connectivity index (χ1) is 18.1. The van der Waals surface area contributed by atoms with Crippen molar-refractivity contribution < 1.29 is 27.2 Å². The van der Waals surface area contributed by atoms with E-state index in [9.17, 15) is 22.4 Å². The van der Waals surface area contributed by atoms with Gasteiger partial charge in [0.1, 0.15) is 17.1 Å². The molecule has 1 aromatic heterocycles. The lowest BCUT2D eigenvalue weighted by Gasteiger charge is -2.34. The fraction of sp³-hybridized carbons (Fsp3) is 0.321. The van der Waals surface area contributed by atoms with Gasteiger partial charge in [0.2, 0.25) is 5.91 Å². The van der Waals surface area contributed by atoms with Crippen molar-refractivity contribution in [1.82, 2.24) is 10.3 Å². The number of nitrogens with one attached hydrogen (secondary N) is 1. The van der Waals surface area contributed by atoms with Gasteiger partial charge in [0.15, 0.2) is 0 Å². The standard InChI is InChI=1S/C28H24ClF4N3O2/c29-21-14-19(6-8-22(21)30)25-20(7-9-24(35-25)28(31,32)33)16-34-26(37)18-10-12-27(13-11-18)15-23(36-38-27)17-4-2-1-3-5-17/h1-9,14,18H,10-13,15-16H2,(H,34,37)/t18-,27-. The van der Waals surface area contributed by atoms with E-state index in [2.05, 4.69) is 15.5 Å². The lowest BCUT2D eigenvalue weighted by Crippen LogP contribution is -2.39. The fourth-order valence-corrected chi connectivity index (χ4v) is 5.17. The monoisotopic (exact) mass is 545 g/mol. The van der Waals surface area contributed by atoms with Crippen LogP contribution in [0.4, 0.5) is 17.6 Å². The molecule has 0 bridgehead atoms. The summed E-state index contributed by atoms with van der Waals surface area (Å²) in [6.07, 6.45) is -1.42. The van der Waals surface area contributed by atoms with Crippen LogP contribution in [0.3, 0.4) is 0 Å². The summed E-state index contributed by atoms with van der Waals surface area (Å²) in [5.41, 5.74) is 0.988. The highest BCUT2D eigenvalue weighted by molar-refractivity contribution is 6.31. The number of carbonyl (C=O) groups is 1. The summed E-state index contributed by atoms with van der Waals surface area (Å²) in [6, 6.07) is 15.6. The van der Waals surface area contributed by atoms with Crippen molar-refractivity contribution in [2.75, 3.05) is 0 Å². The Balaban J connectivity index is 1.24. The highest BCUT2D eigenvalue weighted by Crippen LogP contribution is 2.42. The SMILES string of the molecule is O=C(NCc1ccc(C(F)(F)F)nc1-c1ccc(F)c(Cl)c1)[C@H]1CC[C@]2(CC1)CC(c1ccccc1)=NO2. The molecule has 0 unspecified atom stereocenters. The van der Waals surface area contributed by atoms with Gasteiger partial charge in [0.05, 0.1) is 16.4 Å². The molecule has 1 aliphatic heterocycles. The number of aromatic nitrogens is 1. The van der Waals surface area contributed by atoms with Crippen LogP contribution in [-0.4, -0.2) is 22.2 Å². The zero-order valence-corrected chi connectivity index (χ0v) is 21.0. The van der Waals surface area contributed by atoms with E-state index in [4.69, 9.17) is 16.4 Å². The second-order valence-corrected chi connectivity index (χ2v) is 10.1. The normalized spacial score (nSPS) is 21.2. The van der Waals surface area contributed by atoms with E-state index >= 15 is 0 Å². The Morgan fingerprint density at radius 1 is 1.05 bits per heavy atom. The lowest BCUT2D eigenvalue weighted by atomic mass is 9.76. The first-order valence-electron chi connectivity index (χ1n) is 12.2. The smallest absolute Gasteiger partial charge is 0.389 e. The van der Waals surface area contributed by atoms with E-state index in [1.807, 2.05) is 30.3 Å². The maximum atomic E-state index is 13.7. The molecule has 1 saturated carbocycles. The van der Waals surface area contributed by atoms with E-state index in [0.717, 1.165) is 23.4 Å². The number of hydrogen-bond donors (Lipinski definition) is 1. The van der Waals surface area contributed by atoms with Gasteiger partial charge in [-0.05, 0) is 61.1 Å². The highest BCUT2D eigenvalue weighted by atomic mass is 35.5. The highest BCUT2D eigenvalue weighted by Gasteiger charge is 2.44. The number of oxime groups is 1. The maximum absolute atomic E-state index is 13.7. The molecule has 2 aromatic carbocycles. The molecule has 1 spiro atoms. The molecule has 2 heterocycles. The minimum Gasteiger partial charge on any atom is -0.389 e. The summed E-state index contributed by atoms with van der Waals surface area (Å²) in [5, 5.41) is 6.90. The molecule has 0 radical (unpaired) electrons. The first kappa shape index (κ1) is 26.2. The molecule has 5 rings (SSSR count). The Morgan fingerprint density at radius 3 is 2.47 bits per heavy atom. The average molecular weight is 546 g/mol. The molecule has 38 heavy (non-hydrogen) atoms. The minimum absolute atomic E-state index is 0.0189. The molecule has 0 atom stereocenters. The molecule has 1 amide bonds. The molecule has 1 N–H and O–H groups in total. The summed E-state index contributed by atoms with van der Waals surface area (Å²) in [4.78, 5) is 22.6. The largest absolute Gasteiger partial charge is 0.433 e. The van der Waals surface area contributed by atoms with E-state index in [1.54, 1.807) is 0 Å². The number of carbonyl (C=O) groups excluding carboxylic acids is 1. The Morgan fingerprint density at radius 2 is 1.79 bits per heavy atom. The Labute approximate surface area is 221 Å². The Hall–Kier alpha value is -3.46. The number of benzene rings is 2. The third-order valence-corrected chi connectivity index (χ3v) is 7.42. The van der Waals surface area contributed by atoms with Gasteiger partial charge < -0.3 is 10.2 Å². The summed E-state index contributed by atoms with van der Waals surface area (Å²) in [7, 11) is 0. The van der Waals surface area contributed by atoms with Crippen LogP contribution in [0.5, 0.6) is 0 Å². The number of pyridine rings is 1. The summed E-state index contributed by atoms with van der Waals surface area (Å²) < 4.78 is 53.6. The van der Waals surface area contributed by atoms with Crippen molar-refractivity contribution in [2.45, 2.75) is 50.4 Å². The second kappa shape index (κ2) is 10.4. The van der Waals surface area contributed by atoms with Crippen molar-refractivity contribution in [3.63, 3.8) is 0 Å². The number of amides is 1. The summed E-state index contributed by atoms with van der Waals surface area (Å²) in [6.45, 7) is -0.0340. The first-order valence-corrected chi connectivity index (χ1v) is 12.6. The third-order valence-electron chi connectivity index (χ3n) is 7.13. The predicted octanol–water partition coefficient (Wildman–Crippen LogP) is 6.93. The number of nitrogens with zero attached hydrogens (tertiary/aromatic N) is 2. The Kier molecular flexibility index (Phi) is 7.13. The number of rotatable bonds is 5. The van der Waals surface area contributed by atoms with Crippen LogP contribution in [0.2, 0.25) is 5.02 Å². The van der Waals surface area contributed by atoms with Crippen molar-refractivity contribution in [3.05, 3.63) is 88.3 Å². The molecule has 1 fully saturated rings. The molecule has 1 aliphatic carbocycles. The molecule has 5 nitrogen and oxygen atoms in total. The molecule has 198 valence electrons. The molecular weight excluding hydrogens is 522 g/mol. The van der Waals surface area contributed by atoms with Crippen LogP contribution in [0.1, 0.15) is 48.9 Å². The van der Waals surface area contributed by atoms with E-state index in [0.29, 0.717) is 37.7 Å². The molecule has 0 saturated heterocycles. The maximum Gasteiger partial charge on any atom is 0.433 e. The van der Waals surface area contributed by atoms with E-state index < -0.39 is 23.3 Å². The van der Waals surface area contributed by atoms with Crippen LogP contribution in [-0.2, 0) is 22.4 Å². The minimum atomic E-state index is -4.66. The topological polar surface area (TPSA) is 63.6 Å². The number of hydrogen-bond acceptors (Lipinski definition) is 4. The van der Waals surface area contributed by atoms with Gasteiger partial charge in [-0.3, -0.25) is 4.79 Å². The molecule has 3 aromatic rings. The van der Waals surface area contributed by atoms with Crippen LogP contribution in [0, 0.1) is 11.7 Å². The lowest BCUT2D eigenvalue weighted by molar-refractivity contribution is -0.141. The Bertz CT molecular complexity index is 1370.